The molecule has 0 spiro atoms. The van der Waals surface area contributed by atoms with Gasteiger partial charge in [-0.1, -0.05) is 17.7 Å². The minimum atomic E-state index is 0. The molecular weight excluding hydrogens is 429 g/mol. The smallest absolute Gasteiger partial charge is 0.191 e. The normalized spacial score (nSPS) is 10.9. The van der Waals surface area contributed by atoms with E-state index in [2.05, 4.69) is 15.6 Å². The van der Waals surface area contributed by atoms with Gasteiger partial charge in [-0.3, -0.25) is 4.99 Å². The molecule has 1 aromatic rings. The molecule has 23 heavy (non-hydrogen) atoms. The summed E-state index contributed by atoms with van der Waals surface area (Å²) in [6.07, 6.45) is 0.944. The number of aliphatic imine (C=N–C) groups is 1. The molecule has 2 N–H and O–H groups in total. The molecule has 0 unspecified atom stereocenters. The van der Waals surface area contributed by atoms with Gasteiger partial charge >= 0.3 is 0 Å². The molecule has 0 aliphatic heterocycles. The van der Waals surface area contributed by atoms with Gasteiger partial charge in [0.15, 0.2) is 5.96 Å². The van der Waals surface area contributed by atoms with Gasteiger partial charge in [-0.25, -0.2) is 0 Å². The van der Waals surface area contributed by atoms with E-state index in [4.69, 9.17) is 21.1 Å². The minimum absolute atomic E-state index is 0. The average Bonchev–Trinajstić information content (AvgIpc) is 2.52. The van der Waals surface area contributed by atoms with Crippen LogP contribution in [-0.4, -0.2) is 39.4 Å². The number of nitrogens with one attached hydrogen (secondary N) is 2. The van der Waals surface area contributed by atoms with Crippen molar-refractivity contribution in [1.82, 2.24) is 10.6 Å². The molecule has 0 atom stereocenters. The molecule has 0 heterocycles. The van der Waals surface area contributed by atoms with E-state index in [0.717, 1.165) is 43.5 Å². The summed E-state index contributed by atoms with van der Waals surface area (Å²) in [5.74, 6) is 1.56. The number of benzene rings is 1. The molecule has 7 heteroatoms. The molecule has 132 valence electrons. The van der Waals surface area contributed by atoms with Gasteiger partial charge in [0.1, 0.15) is 5.75 Å². The van der Waals surface area contributed by atoms with Crippen molar-refractivity contribution in [2.24, 2.45) is 4.99 Å². The Balaban J connectivity index is 0.00000484. The highest BCUT2D eigenvalue weighted by molar-refractivity contribution is 14.0. The van der Waals surface area contributed by atoms with Crippen LogP contribution in [0.1, 0.15) is 25.8 Å². The van der Waals surface area contributed by atoms with Crippen LogP contribution in [0.5, 0.6) is 5.75 Å². The zero-order valence-electron chi connectivity index (χ0n) is 14.0. The van der Waals surface area contributed by atoms with E-state index in [-0.39, 0.29) is 24.0 Å². The number of halogens is 2. The molecule has 0 aliphatic carbocycles. The maximum Gasteiger partial charge on any atom is 0.191 e. The van der Waals surface area contributed by atoms with Crippen LogP contribution in [0, 0.1) is 0 Å². The van der Waals surface area contributed by atoms with E-state index in [1.54, 1.807) is 7.05 Å². The lowest BCUT2D eigenvalue weighted by atomic mass is 10.2. The fourth-order valence-electron chi connectivity index (χ4n) is 1.89. The lowest BCUT2D eigenvalue weighted by Crippen LogP contribution is -2.37. The van der Waals surface area contributed by atoms with Crippen LogP contribution in [0.15, 0.2) is 23.2 Å². The summed E-state index contributed by atoms with van der Waals surface area (Å²) in [6.45, 7) is 7.51. The van der Waals surface area contributed by atoms with E-state index in [9.17, 15) is 0 Å². The van der Waals surface area contributed by atoms with Crippen molar-refractivity contribution < 1.29 is 9.47 Å². The highest BCUT2D eigenvalue weighted by atomic mass is 127. The van der Waals surface area contributed by atoms with Gasteiger partial charge in [0.2, 0.25) is 0 Å². The van der Waals surface area contributed by atoms with Gasteiger partial charge in [-0.2, -0.15) is 0 Å². The van der Waals surface area contributed by atoms with E-state index in [1.807, 2.05) is 32.0 Å². The van der Waals surface area contributed by atoms with Gasteiger partial charge in [0, 0.05) is 43.9 Å². The maximum absolute atomic E-state index is 6.00. The Morgan fingerprint density at radius 2 is 2.00 bits per heavy atom. The lowest BCUT2D eigenvalue weighted by Gasteiger charge is -2.14. The van der Waals surface area contributed by atoms with E-state index in [0.29, 0.717) is 18.2 Å². The molecule has 0 fully saturated rings. The predicted molar refractivity (Wildman–Crippen MR) is 107 cm³/mol. The summed E-state index contributed by atoms with van der Waals surface area (Å²) in [7, 11) is 1.75. The third-order valence-electron chi connectivity index (χ3n) is 2.96. The lowest BCUT2D eigenvalue weighted by molar-refractivity contribution is 0.145. The number of hydrogen-bond donors (Lipinski definition) is 2. The Morgan fingerprint density at radius 3 is 2.65 bits per heavy atom. The maximum atomic E-state index is 6.00. The monoisotopic (exact) mass is 455 g/mol. The van der Waals surface area contributed by atoms with Crippen LogP contribution in [-0.2, 0) is 11.3 Å². The first-order valence-electron chi connectivity index (χ1n) is 7.64. The number of rotatable bonds is 9. The molecule has 0 aliphatic rings. The van der Waals surface area contributed by atoms with Crippen LogP contribution in [0.4, 0.5) is 0 Å². The number of ether oxygens (including phenoxy) is 2. The Labute approximate surface area is 161 Å². The quantitative estimate of drug-likeness (QED) is 0.259. The Morgan fingerprint density at radius 1 is 1.22 bits per heavy atom. The van der Waals surface area contributed by atoms with Crippen molar-refractivity contribution in [1.29, 1.82) is 0 Å². The summed E-state index contributed by atoms with van der Waals surface area (Å²) in [5, 5.41) is 7.20. The van der Waals surface area contributed by atoms with Crippen LogP contribution in [0.2, 0.25) is 5.02 Å². The Hall–Kier alpha value is -0.730. The average molecular weight is 456 g/mol. The summed E-state index contributed by atoms with van der Waals surface area (Å²) in [5.41, 5.74) is 1.04. The second-order valence-electron chi connectivity index (χ2n) is 4.59. The minimum Gasteiger partial charge on any atom is -0.493 e. The van der Waals surface area contributed by atoms with Gasteiger partial charge < -0.3 is 20.1 Å². The van der Waals surface area contributed by atoms with Crippen LogP contribution in [0.3, 0.4) is 0 Å². The second-order valence-corrected chi connectivity index (χ2v) is 5.02. The highest BCUT2D eigenvalue weighted by Gasteiger charge is 2.05. The fraction of sp³-hybridized carbons (Fsp3) is 0.562. The predicted octanol–water partition coefficient (Wildman–Crippen LogP) is 3.45. The zero-order chi connectivity index (χ0) is 16.2. The van der Waals surface area contributed by atoms with Crippen molar-refractivity contribution in [3.8, 4) is 5.75 Å². The largest absolute Gasteiger partial charge is 0.493 e. The molecule has 0 aromatic heterocycles. The third-order valence-corrected chi connectivity index (χ3v) is 3.20. The van der Waals surface area contributed by atoms with Gasteiger partial charge in [0.05, 0.1) is 6.61 Å². The van der Waals surface area contributed by atoms with E-state index in [1.165, 1.54) is 0 Å². The molecule has 1 aromatic carbocycles. The Kier molecular flexibility index (Phi) is 13.3. The number of guanidine groups is 1. The molecule has 0 radical (unpaired) electrons. The summed E-state index contributed by atoms with van der Waals surface area (Å²) in [4.78, 5) is 4.20. The van der Waals surface area contributed by atoms with E-state index < -0.39 is 0 Å². The van der Waals surface area contributed by atoms with E-state index >= 15 is 0 Å². The number of hydrogen-bond acceptors (Lipinski definition) is 3. The summed E-state index contributed by atoms with van der Waals surface area (Å²) in [6, 6.07) is 5.66. The zero-order valence-corrected chi connectivity index (χ0v) is 17.1. The SMILES string of the molecule is CCOCCCNC(=NC)NCc1ccc(Cl)cc1OCC.I. The first kappa shape index (κ1) is 22.3. The molecule has 1 rings (SSSR count). The highest BCUT2D eigenvalue weighted by Crippen LogP contribution is 2.23. The topological polar surface area (TPSA) is 54.9 Å². The summed E-state index contributed by atoms with van der Waals surface area (Å²) >= 11 is 6.00. The first-order valence-corrected chi connectivity index (χ1v) is 8.02. The van der Waals surface area contributed by atoms with Crippen molar-refractivity contribution in [3.05, 3.63) is 28.8 Å². The Bertz CT molecular complexity index is 473. The van der Waals surface area contributed by atoms with Crippen LogP contribution < -0.4 is 15.4 Å². The molecule has 5 nitrogen and oxygen atoms in total. The molecule has 0 saturated carbocycles. The van der Waals surface area contributed by atoms with Crippen molar-refractivity contribution in [3.63, 3.8) is 0 Å². The fourth-order valence-corrected chi connectivity index (χ4v) is 2.05. The van der Waals surface area contributed by atoms with Crippen molar-refractivity contribution in [2.45, 2.75) is 26.8 Å². The summed E-state index contributed by atoms with van der Waals surface area (Å²) < 4.78 is 10.9. The van der Waals surface area contributed by atoms with Crippen molar-refractivity contribution >= 4 is 41.5 Å². The molecule has 0 saturated heterocycles. The van der Waals surface area contributed by atoms with Crippen molar-refractivity contribution in [2.75, 3.05) is 33.4 Å². The van der Waals surface area contributed by atoms with Gasteiger partial charge in [-0.15, -0.1) is 24.0 Å². The third kappa shape index (κ3) is 9.22. The molecular formula is C16H27ClIN3O2. The molecule has 0 bridgehead atoms. The van der Waals surface area contributed by atoms with Gasteiger partial charge in [-0.05, 0) is 32.4 Å². The van der Waals surface area contributed by atoms with Crippen LogP contribution in [0.25, 0.3) is 0 Å². The standard InChI is InChI=1S/C16H26ClN3O2.HI/c1-4-21-10-6-9-19-16(18-3)20-12-13-7-8-14(17)11-15(13)22-5-2;/h7-8,11H,4-6,9-10,12H2,1-3H3,(H2,18,19,20);1H. The van der Waals surface area contributed by atoms with Crippen LogP contribution >= 0.6 is 35.6 Å². The van der Waals surface area contributed by atoms with Gasteiger partial charge in [0.25, 0.3) is 0 Å². The first-order chi connectivity index (χ1) is 10.7. The number of nitrogens with zero attached hydrogens (tertiary/aromatic N) is 1. The second kappa shape index (κ2) is 13.7. The molecule has 0 amide bonds.